The van der Waals surface area contributed by atoms with E-state index < -0.39 is 0 Å². The molecule has 0 aliphatic carbocycles. The number of anilines is 3. The first kappa shape index (κ1) is 22.9. The van der Waals surface area contributed by atoms with E-state index in [4.69, 9.17) is 4.74 Å². The van der Waals surface area contributed by atoms with E-state index in [1.807, 2.05) is 92.7 Å². The average molecular weight is 432 g/mol. The Hall–Kier alpha value is -3.80. The first-order valence-corrected chi connectivity index (χ1v) is 10.7. The normalized spacial score (nSPS) is 10.5. The predicted molar refractivity (Wildman–Crippen MR) is 129 cm³/mol. The number of nitrogens with one attached hydrogen (secondary N) is 3. The van der Waals surface area contributed by atoms with E-state index in [0.29, 0.717) is 24.3 Å². The summed E-state index contributed by atoms with van der Waals surface area (Å²) in [6.07, 6.45) is 1.14. The zero-order valence-corrected chi connectivity index (χ0v) is 18.4. The molecule has 6 heteroatoms. The van der Waals surface area contributed by atoms with Gasteiger partial charge < -0.3 is 20.7 Å². The number of carbonyl (C=O) groups excluding carboxylic acids is 2. The van der Waals surface area contributed by atoms with Crippen LogP contribution < -0.4 is 20.7 Å². The molecule has 166 valence electrons. The summed E-state index contributed by atoms with van der Waals surface area (Å²) in [5.74, 6) is 0.433. The van der Waals surface area contributed by atoms with Crippen molar-refractivity contribution < 1.29 is 14.3 Å². The van der Waals surface area contributed by atoms with Crippen LogP contribution in [0.2, 0.25) is 0 Å². The van der Waals surface area contributed by atoms with Crippen LogP contribution in [0, 0.1) is 0 Å². The summed E-state index contributed by atoms with van der Waals surface area (Å²) >= 11 is 0. The lowest BCUT2D eigenvalue weighted by Crippen LogP contribution is -2.22. The van der Waals surface area contributed by atoms with Crippen molar-refractivity contribution >= 4 is 28.9 Å². The lowest BCUT2D eigenvalue weighted by Gasteiger charge is -2.15. The molecule has 3 N–H and O–H groups in total. The van der Waals surface area contributed by atoms with Crippen molar-refractivity contribution in [3.05, 3.63) is 84.4 Å². The molecule has 0 aliphatic heterocycles. The van der Waals surface area contributed by atoms with Crippen LogP contribution in [-0.4, -0.2) is 24.5 Å². The van der Waals surface area contributed by atoms with Gasteiger partial charge >= 0.3 is 0 Å². The molecule has 3 rings (SSSR count). The highest BCUT2D eigenvalue weighted by Crippen LogP contribution is 2.24. The van der Waals surface area contributed by atoms with Crippen molar-refractivity contribution in [3.8, 4) is 5.75 Å². The molecule has 0 spiro atoms. The van der Waals surface area contributed by atoms with Gasteiger partial charge in [-0.05, 0) is 62.2 Å². The molecule has 0 heterocycles. The molecule has 2 amide bonds. The fraction of sp³-hybridized carbons (Fsp3) is 0.231. The molecule has 0 atom stereocenters. The first-order valence-electron chi connectivity index (χ1n) is 10.7. The predicted octanol–water partition coefficient (Wildman–Crippen LogP) is 5.10. The van der Waals surface area contributed by atoms with Gasteiger partial charge in [0.1, 0.15) is 5.75 Å². The molecule has 0 fully saturated rings. The van der Waals surface area contributed by atoms with Gasteiger partial charge in [-0.1, -0.05) is 42.5 Å². The van der Waals surface area contributed by atoms with Crippen LogP contribution >= 0.6 is 0 Å². The van der Waals surface area contributed by atoms with Gasteiger partial charge in [0.25, 0.3) is 0 Å². The maximum atomic E-state index is 12.3. The number of aryl methyl sites for hydroxylation is 1. The highest BCUT2D eigenvalue weighted by atomic mass is 16.5. The fourth-order valence-corrected chi connectivity index (χ4v) is 3.10. The van der Waals surface area contributed by atoms with Crippen LogP contribution in [-0.2, 0) is 16.0 Å². The Morgan fingerprint density at radius 3 is 2.16 bits per heavy atom. The third kappa shape index (κ3) is 7.47. The van der Waals surface area contributed by atoms with Gasteiger partial charge in [-0.3, -0.25) is 9.59 Å². The van der Waals surface area contributed by atoms with E-state index in [0.717, 1.165) is 16.9 Å². The summed E-state index contributed by atoms with van der Waals surface area (Å²) in [4.78, 5) is 24.5. The molecule has 0 bridgehead atoms. The van der Waals surface area contributed by atoms with E-state index in [2.05, 4.69) is 16.0 Å². The Morgan fingerprint density at radius 2 is 1.44 bits per heavy atom. The largest absolute Gasteiger partial charge is 0.489 e. The van der Waals surface area contributed by atoms with Gasteiger partial charge in [0.2, 0.25) is 11.8 Å². The van der Waals surface area contributed by atoms with Crippen LogP contribution in [0.5, 0.6) is 5.75 Å². The molecular weight excluding hydrogens is 402 g/mol. The van der Waals surface area contributed by atoms with Gasteiger partial charge in [0.05, 0.1) is 18.3 Å². The molecule has 0 radical (unpaired) electrons. The minimum Gasteiger partial charge on any atom is -0.489 e. The van der Waals surface area contributed by atoms with E-state index in [1.165, 1.54) is 0 Å². The van der Waals surface area contributed by atoms with Crippen LogP contribution in [0.15, 0.2) is 78.9 Å². The molecule has 0 aromatic heterocycles. The maximum Gasteiger partial charge on any atom is 0.243 e. The minimum absolute atomic E-state index is 0.0171. The van der Waals surface area contributed by atoms with Crippen molar-refractivity contribution in [1.82, 2.24) is 0 Å². The van der Waals surface area contributed by atoms with Gasteiger partial charge in [-0.15, -0.1) is 0 Å². The average Bonchev–Trinajstić information content (AvgIpc) is 2.79. The Balaban J connectivity index is 1.44. The minimum atomic E-state index is -0.178. The number of para-hydroxylation sites is 2. The van der Waals surface area contributed by atoms with Crippen LogP contribution in [0.4, 0.5) is 17.1 Å². The molecule has 3 aromatic carbocycles. The number of rotatable bonds is 10. The first-order chi connectivity index (χ1) is 15.5. The second-order valence-electron chi connectivity index (χ2n) is 7.68. The Labute approximate surface area is 189 Å². The van der Waals surface area contributed by atoms with E-state index in [9.17, 15) is 9.59 Å². The highest BCUT2D eigenvalue weighted by molar-refractivity contribution is 5.95. The lowest BCUT2D eigenvalue weighted by molar-refractivity contribution is -0.116. The topological polar surface area (TPSA) is 79.5 Å². The zero-order chi connectivity index (χ0) is 22.8. The zero-order valence-electron chi connectivity index (χ0n) is 18.4. The smallest absolute Gasteiger partial charge is 0.243 e. The molecule has 0 saturated carbocycles. The second-order valence-corrected chi connectivity index (χ2v) is 7.68. The number of hydrogen-bond donors (Lipinski definition) is 3. The number of ether oxygens (including phenoxy) is 1. The molecule has 0 aliphatic rings. The van der Waals surface area contributed by atoms with Crippen molar-refractivity contribution in [2.45, 2.75) is 32.8 Å². The monoisotopic (exact) mass is 431 g/mol. The van der Waals surface area contributed by atoms with E-state index in [-0.39, 0.29) is 24.5 Å². The van der Waals surface area contributed by atoms with Crippen LogP contribution in [0.25, 0.3) is 0 Å². The number of benzene rings is 3. The quantitative estimate of drug-likeness (QED) is 0.417. The SMILES string of the molecule is CC(C)Oc1ccccc1NC(=O)CNc1ccc(NC(=O)CCc2ccccc2)cc1. The van der Waals surface area contributed by atoms with Gasteiger partial charge in [0, 0.05) is 17.8 Å². The number of hydrogen-bond acceptors (Lipinski definition) is 4. The Bertz CT molecular complexity index is 1020. The van der Waals surface area contributed by atoms with Crippen molar-refractivity contribution in [1.29, 1.82) is 0 Å². The summed E-state index contributed by atoms with van der Waals surface area (Å²) < 4.78 is 5.73. The van der Waals surface area contributed by atoms with Crippen molar-refractivity contribution in [2.24, 2.45) is 0 Å². The fourth-order valence-electron chi connectivity index (χ4n) is 3.10. The van der Waals surface area contributed by atoms with Crippen molar-refractivity contribution in [2.75, 3.05) is 22.5 Å². The second kappa shape index (κ2) is 11.6. The van der Waals surface area contributed by atoms with E-state index in [1.54, 1.807) is 0 Å². The maximum absolute atomic E-state index is 12.3. The van der Waals surface area contributed by atoms with Gasteiger partial charge in [-0.25, -0.2) is 0 Å². The summed E-state index contributed by atoms with van der Waals surface area (Å²) in [7, 11) is 0. The summed E-state index contributed by atoms with van der Waals surface area (Å²) in [5.41, 5.74) is 3.28. The Morgan fingerprint density at radius 1 is 0.781 bits per heavy atom. The Kier molecular flexibility index (Phi) is 8.26. The molecule has 0 unspecified atom stereocenters. The number of amides is 2. The van der Waals surface area contributed by atoms with Gasteiger partial charge in [-0.2, -0.15) is 0 Å². The summed E-state index contributed by atoms with van der Waals surface area (Å²) in [6.45, 7) is 3.99. The van der Waals surface area contributed by atoms with Gasteiger partial charge in [0.15, 0.2) is 0 Å². The van der Waals surface area contributed by atoms with Crippen molar-refractivity contribution in [3.63, 3.8) is 0 Å². The molecule has 0 saturated heterocycles. The van der Waals surface area contributed by atoms with Crippen LogP contribution in [0.3, 0.4) is 0 Å². The van der Waals surface area contributed by atoms with Crippen LogP contribution in [0.1, 0.15) is 25.8 Å². The third-order valence-electron chi connectivity index (χ3n) is 4.63. The molecular formula is C26H29N3O3. The molecule has 32 heavy (non-hydrogen) atoms. The molecule has 6 nitrogen and oxygen atoms in total. The number of carbonyl (C=O) groups is 2. The lowest BCUT2D eigenvalue weighted by atomic mass is 10.1. The summed E-state index contributed by atoms with van der Waals surface area (Å²) in [5, 5.41) is 8.85. The standard InChI is InChI=1S/C26H29N3O3/c1-19(2)32-24-11-7-6-10-23(24)29-26(31)18-27-21-13-15-22(16-14-21)28-25(30)17-12-20-8-4-3-5-9-20/h3-11,13-16,19,27H,12,17-18H2,1-2H3,(H,28,30)(H,29,31). The highest BCUT2D eigenvalue weighted by Gasteiger charge is 2.09. The summed E-state index contributed by atoms with van der Waals surface area (Å²) in [6, 6.07) is 24.6. The van der Waals surface area contributed by atoms with E-state index >= 15 is 0 Å². The molecule has 3 aromatic rings. The third-order valence-corrected chi connectivity index (χ3v) is 4.63.